The lowest BCUT2D eigenvalue weighted by molar-refractivity contribution is 0.268. The molecule has 1 aromatic rings. The van der Waals surface area contributed by atoms with Gasteiger partial charge >= 0.3 is 0 Å². The lowest BCUT2D eigenvalue weighted by Gasteiger charge is -2.28. The van der Waals surface area contributed by atoms with Crippen LogP contribution >= 0.6 is 0 Å². The highest BCUT2D eigenvalue weighted by Gasteiger charge is 2.23. The maximum atomic E-state index is 8.91. The van der Waals surface area contributed by atoms with Crippen molar-refractivity contribution in [2.24, 2.45) is 0 Å². The number of hydrogen-bond acceptors (Lipinski definition) is 3. The molecule has 0 aliphatic rings. The molecule has 3 nitrogen and oxygen atoms in total. The number of aliphatic hydroxyl groups excluding tert-OH is 1. The molecule has 0 bridgehead atoms. The highest BCUT2D eigenvalue weighted by molar-refractivity contribution is 5.61. The summed E-state index contributed by atoms with van der Waals surface area (Å²) < 4.78 is 0. The van der Waals surface area contributed by atoms with Crippen molar-refractivity contribution >= 4 is 11.4 Å². The quantitative estimate of drug-likeness (QED) is 0.684. The highest BCUT2D eigenvalue weighted by Crippen LogP contribution is 2.34. The molecule has 0 aliphatic carbocycles. The smallest absolute Gasteiger partial charge is 0.0431 e. The average molecular weight is 222 g/mol. The number of benzene rings is 1. The molecule has 0 aromatic heterocycles. The molecule has 3 heteroatoms. The number of nitrogens with two attached hydrogens (primary N) is 2. The molecule has 1 rings (SSSR count). The van der Waals surface area contributed by atoms with E-state index in [1.165, 1.54) is 5.56 Å². The first-order chi connectivity index (χ1) is 7.38. The molecule has 16 heavy (non-hydrogen) atoms. The van der Waals surface area contributed by atoms with Gasteiger partial charge in [0.05, 0.1) is 0 Å². The minimum atomic E-state index is -0.00366. The van der Waals surface area contributed by atoms with Crippen molar-refractivity contribution in [3.63, 3.8) is 0 Å². The number of aliphatic hydroxyl groups is 1. The SMILES string of the molecule is Cc1c(N)cc(N)cc1C(C)(C)CCCO. The van der Waals surface area contributed by atoms with Crippen LogP contribution in [0.25, 0.3) is 0 Å². The van der Waals surface area contributed by atoms with Gasteiger partial charge in [0.2, 0.25) is 0 Å². The fourth-order valence-electron chi connectivity index (χ4n) is 2.12. The van der Waals surface area contributed by atoms with Gasteiger partial charge in [0.15, 0.2) is 0 Å². The van der Waals surface area contributed by atoms with Crippen molar-refractivity contribution < 1.29 is 5.11 Å². The number of rotatable bonds is 4. The Balaban J connectivity index is 3.11. The minimum Gasteiger partial charge on any atom is -0.399 e. The van der Waals surface area contributed by atoms with Crippen LogP contribution in [0.4, 0.5) is 11.4 Å². The van der Waals surface area contributed by atoms with E-state index in [0.717, 1.165) is 24.1 Å². The lowest BCUT2D eigenvalue weighted by Crippen LogP contribution is -2.20. The molecule has 0 atom stereocenters. The van der Waals surface area contributed by atoms with Gasteiger partial charge in [-0.3, -0.25) is 0 Å². The van der Waals surface area contributed by atoms with E-state index in [2.05, 4.69) is 13.8 Å². The van der Waals surface area contributed by atoms with Crippen LogP contribution in [0.2, 0.25) is 0 Å². The third-order valence-corrected chi connectivity index (χ3v) is 3.16. The number of nitrogen functional groups attached to an aromatic ring is 2. The Bertz CT molecular complexity index is 372. The van der Waals surface area contributed by atoms with Gasteiger partial charge in [0.25, 0.3) is 0 Å². The van der Waals surface area contributed by atoms with E-state index in [0.29, 0.717) is 5.69 Å². The Hall–Kier alpha value is -1.22. The summed E-state index contributed by atoms with van der Waals surface area (Å²) in [7, 11) is 0. The summed E-state index contributed by atoms with van der Waals surface area (Å²) in [6.45, 7) is 6.55. The monoisotopic (exact) mass is 222 g/mol. The van der Waals surface area contributed by atoms with E-state index < -0.39 is 0 Å². The Morgan fingerprint density at radius 1 is 1.25 bits per heavy atom. The molecular weight excluding hydrogens is 200 g/mol. The summed E-state index contributed by atoms with van der Waals surface area (Å²) in [6.07, 6.45) is 1.72. The second-order valence-electron chi connectivity index (χ2n) is 4.99. The second kappa shape index (κ2) is 4.74. The molecule has 0 amide bonds. The highest BCUT2D eigenvalue weighted by atomic mass is 16.2. The standard InChI is InChI=1S/C13H22N2O/c1-9-11(7-10(14)8-12(9)15)13(2,3)5-4-6-16/h7-8,16H,4-6,14-15H2,1-3H3. The molecule has 1 aromatic carbocycles. The summed E-state index contributed by atoms with van der Waals surface area (Å²) in [5, 5.41) is 8.91. The van der Waals surface area contributed by atoms with Crippen LogP contribution in [0.5, 0.6) is 0 Å². The predicted octanol–water partition coefficient (Wildman–Crippen LogP) is 2.21. The molecule has 5 N–H and O–H groups in total. The Kier molecular flexibility index (Phi) is 3.81. The average Bonchev–Trinajstić information content (AvgIpc) is 2.20. The largest absolute Gasteiger partial charge is 0.399 e. The van der Waals surface area contributed by atoms with E-state index in [1.807, 2.05) is 13.0 Å². The summed E-state index contributed by atoms with van der Waals surface area (Å²) in [4.78, 5) is 0. The normalized spacial score (nSPS) is 11.8. The third-order valence-electron chi connectivity index (χ3n) is 3.16. The molecule has 0 aliphatic heterocycles. The van der Waals surface area contributed by atoms with Gasteiger partial charge in [-0.1, -0.05) is 13.8 Å². The van der Waals surface area contributed by atoms with Crippen molar-refractivity contribution in [3.8, 4) is 0 Å². The Morgan fingerprint density at radius 2 is 1.88 bits per heavy atom. The van der Waals surface area contributed by atoms with Crippen molar-refractivity contribution in [1.29, 1.82) is 0 Å². The zero-order chi connectivity index (χ0) is 12.3. The molecule has 0 fully saturated rings. The van der Waals surface area contributed by atoms with E-state index in [4.69, 9.17) is 16.6 Å². The first-order valence-corrected chi connectivity index (χ1v) is 5.65. The maximum absolute atomic E-state index is 8.91. The van der Waals surface area contributed by atoms with Gasteiger partial charge in [0, 0.05) is 18.0 Å². The van der Waals surface area contributed by atoms with Crippen molar-refractivity contribution in [1.82, 2.24) is 0 Å². The molecule has 0 radical (unpaired) electrons. The third kappa shape index (κ3) is 2.67. The van der Waals surface area contributed by atoms with E-state index >= 15 is 0 Å². The molecule has 90 valence electrons. The number of anilines is 2. The van der Waals surface area contributed by atoms with Crippen LogP contribution in [0.15, 0.2) is 12.1 Å². The van der Waals surface area contributed by atoms with Gasteiger partial charge in [-0.2, -0.15) is 0 Å². The summed E-state index contributed by atoms with van der Waals surface area (Å²) >= 11 is 0. The van der Waals surface area contributed by atoms with Crippen LogP contribution in [0.3, 0.4) is 0 Å². The maximum Gasteiger partial charge on any atom is 0.0431 e. The van der Waals surface area contributed by atoms with Crippen LogP contribution < -0.4 is 11.5 Å². The predicted molar refractivity (Wildman–Crippen MR) is 69.3 cm³/mol. The van der Waals surface area contributed by atoms with Crippen molar-refractivity contribution in [2.45, 2.75) is 39.0 Å². The van der Waals surface area contributed by atoms with Gasteiger partial charge in [-0.25, -0.2) is 0 Å². The second-order valence-corrected chi connectivity index (χ2v) is 4.99. The van der Waals surface area contributed by atoms with Crippen LogP contribution in [0, 0.1) is 6.92 Å². The van der Waals surface area contributed by atoms with E-state index in [-0.39, 0.29) is 12.0 Å². The zero-order valence-electron chi connectivity index (χ0n) is 10.4. The van der Waals surface area contributed by atoms with Gasteiger partial charge in [0.1, 0.15) is 0 Å². The first kappa shape index (κ1) is 12.8. The summed E-state index contributed by atoms with van der Waals surface area (Å²) in [6, 6.07) is 3.78. The molecule has 0 unspecified atom stereocenters. The molecule has 0 heterocycles. The number of hydrogen-bond donors (Lipinski definition) is 3. The topological polar surface area (TPSA) is 72.3 Å². The van der Waals surface area contributed by atoms with Gasteiger partial charge in [-0.05, 0) is 48.4 Å². The first-order valence-electron chi connectivity index (χ1n) is 5.65. The fourth-order valence-corrected chi connectivity index (χ4v) is 2.12. The Morgan fingerprint density at radius 3 is 2.44 bits per heavy atom. The van der Waals surface area contributed by atoms with E-state index in [1.54, 1.807) is 6.07 Å². The van der Waals surface area contributed by atoms with Gasteiger partial charge in [-0.15, -0.1) is 0 Å². The van der Waals surface area contributed by atoms with Gasteiger partial charge < -0.3 is 16.6 Å². The molecular formula is C13H22N2O. The lowest BCUT2D eigenvalue weighted by atomic mass is 9.78. The summed E-state index contributed by atoms with van der Waals surface area (Å²) in [5.41, 5.74) is 15.5. The van der Waals surface area contributed by atoms with E-state index in [9.17, 15) is 0 Å². The van der Waals surface area contributed by atoms with Crippen molar-refractivity contribution in [3.05, 3.63) is 23.3 Å². The minimum absolute atomic E-state index is 0.00366. The Labute approximate surface area is 97.5 Å². The molecule has 0 spiro atoms. The molecule has 0 saturated heterocycles. The summed E-state index contributed by atoms with van der Waals surface area (Å²) in [5.74, 6) is 0. The van der Waals surface area contributed by atoms with Crippen molar-refractivity contribution in [2.75, 3.05) is 18.1 Å². The van der Waals surface area contributed by atoms with Crippen LogP contribution in [-0.4, -0.2) is 11.7 Å². The van der Waals surface area contributed by atoms with Crippen LogP contribution in [0.1, 0.15) is 37.8 Å². The van der Waals surface area contributed by atoms with Crippen LogP contribution in [-0.2, 0) is 5.41 Å². The zero-order valence-corrected chi connectivity index (χ0v) is 10.4. The molecule has 0 saturated carbocycles. The fraction of sp³-hybridized carbons (Fsp3) is 0.538.